The van der Waals surface area contributed by atoms with E-state index in [0.29, 0.717) is 23.4 Å². The van der Waals surface area contributed by atoms with E-state index in [-0.39, 0.29) is 10.5 Å². The van der Waals surface area contributed by atoms with Crippen LogP contribution in [0.3, 0.4) is 0 Å². The summed E-state index contributed by atoms with van der Waals surface area (Å²) in [4.78, 5) is 24.3. The molecule has 0 aliphatic carbocycles. The quantitative estimate of drug-likeness (QED) is 0.547. The minimum absolute atomic E-state index is 0.0818. The van der Waals surface area contributed by atoms with E-state index in [1.807, 2.05) is 25.3 Å². The Bertz CT molecular complexity index is 1210. The number of hydrogen-bond donors (Lipinski definition) is 2. The lowest BCUT2D eigenvalue weighted by Crippen LogP contribution is -2.44. The lowest BCUT2D eigenvalue weighted by molar-refractivity contribution is -0.117. The summed E-state index contributed by atoms with van der Waals surface area (Å²) in [7, 11) is -2.48. The van der Waals surface area contributed by atoms with Crippen LogP contribution in [0.25, 0.3) is 11.1 Å². The van der Waals surface area contributed by atoms with Gasteiger partial charge in [0.2, 0.25) is 15.9 Å². The summed E-state index contributed by atoms with van der Waals surface area (Å²) in [5.41, 5.74) is 2.28. The fourth-order valence-electron chi connectivity index (χ4n) is 2.88. The number of rotatable bonds is 8. The maximum Gasteiger partial charge on any atom is 0.419 e. The van der Waals surface area contributed by atoms with Crippen molar-refractivity contribution in [2.24, 2.45) is 7.05 Å². The molecule has 0 saturated carbocycles. The van der Waals surface area contributed by atoms with Crippen molar-refractivity contribution in [3.05, 3.63) is 58.6 Å². The number of sulfonamides is 1. The standard InChI is InChI=1S/C20H23N3O5S2/c1-13-4-6-14(7-5-13)21-19(24)16(10-11-29-3)22-30(26,27)15-8-9-17-18(12-15)28-20(25)23(17)2/h4-9,12,16,22H,10-11H2,1-3H3,(H,21,24)/t16-/m0/s1. The first-order valence-electron chi connectivity index (χ1n) is 9.19. The van der Waals surface area contributed by atoms with Gasteiger partial charge in [0.15, 0.2) is 5.58 Å². The first-order valence-corrected chi connectivity index (χ1v) is 12.1. The van der Waals surface area contributed by atoms with Gasteiger partial charge in [-0.2, -0.15) is 16.5 Å². The summed E-state index contributed by atoms with van der Waals surface area (Å²) in [6, 6.07) is 10.4. The number of anilines is 1. The van der Waals surface area contributed by atoms with Gasteiger partial charge in [0.05, 0.1) is 10.4 Å². The number of carbonyl (C=O) groups is 1. The fraction of sp³-hybridized carbons (Fsp3) is 0.300. The van der Waals surface area contributed by atoms with Crippen LogP contribution in [0.15, 0.2) is 56.6 Å². The molecular weight excluding hydrogens is 426 g/mol. The number of nitrogens with zero attached hydrogens (tertiary/aromatic N) is 1. The average Bonchev–Trinajstić information content (AvgIpc) is 3.00. The van der Waals surface area contributed by atoms with Gasteiger partial charge < -0.3 is 9.73 Å². The zero-order valence-electron chi connectivity index (χ0n) is 16.8. The van der Waals surface area contributed by atoms with Crippen LogP contribution in [0.4, 0.5) is 5.69 Å². The second-order valence-electron chi connectivity index (χ2n) is 6.87. The summed E-state index contributed by atoms with van der Waals surface area (Å²) in [5, 5.41) is 2.75. The Morgan fingerprint density at radius 3 is 2.57 bits per heavy atom. The number of thioether (sulfide) groups is 1. The number of aromatic nitrogens is 1. The minimum Gasteiger partial charge on any atom is -0.408 e. The molecule has 0 unspecified atom stereocenters. The molecule has 0 fully saturated rings. The van der Waals surface area contributed by atoms with Crippen LogP contribution in [0.1, 0.15) is 12.0 Å². The topological polar surface area (TPSA) is 110 Å². The highest BCUT2D eigenvalue weighted by Crippen LogP contribution is 2.19. The lowest BCUT2D eigenvalue weighted by Gasteiger charge is -2.18. The van der Waals surface area contributed by atoms with Crippen LogP contribution in [-0.4, -0.2) is 36.9 Å². The molecule has 30 heavy (non-hydrogen) atoms. The number of carbonyl (C=O) groups excluding carboxylic acids is 1. The van der Waals surface area contributed by atoms with E-state index < -0.39 is 27.7 Å². The summed E-state index contributed by atoms with van der Waals surface area (Å²) >= 11 is 1.52. The Hall–Kier alpha value is -2.56. The van der Waals surface area contributed by atoms with Gasteiger partial charge in [-0.3, -0.25) is 9.36 Å². The zero-order valence-corrected chi connectivity index (χ0v) is 18.5. The Morgan fingerprint density at radius 1 is 1.20 bits per heavy atom. The monoisotopic (exact) mass is 449 g/mol. The Balaban J connectivity index is 1.84. The summed E-state index contributed by atoms with van der Waals surface area (Å²) in [6.07, 6.45) is 2.20. The number of fused-ring (bicyclic) bond motifs is 1. The van der Waals surface area contributed by atoms with Gasteiger partial charge in [-0.1, -0.05) is 17.7 Å². The summed E-state index contributed by atoms with van der Waals surface area (Å²) in [6.45, 7) is 1.94. The van der Waals surface area contributed by atoms with E-state index in [4.69, 9.17) is 4.42 Å². The predicted octanol–water partition coefficient (Wildman–Crippen LogP) is 2.48. The number of oxazole rings is 1. The normalized spacial score (nSPS) is 12.8. The van der Waals surface area contributed by atoms with Crippen molar-refractivity contribution < 1.29 is 17.6 Å². The van der Waals surface area contributed by atoms with Crippen molar-refractivity contribution in [3.8, 4) is 0 Å². The van der Waals surface area contributed by atoms with Crippen LogP contribution in [0.5, 0.6) is 0 Å². The van der Waals surface area contributed by atoms with Gasteiger partial charge in [-0.15, -0.1) is 0 Å². The van der Waals surface area contributed by atoms with E-state index in [0.717, 1.165) is 5.56 Å². The molecule has 1 amide bonds. The van der Waals surface area contributed by atoms with E-state index in [1.54, 1.807) is 12.1 Å². The highest BCUT2D eigenvalue weighted by atomic mass is 32.2. The number of aryl methyl sites for hydroxylation is 2. The molecule has 3 aromatic rings. The molecule has 1 aromatic heterocycles. The number of hydrogen-bond acceptors (Lipinski definition) is 6. The second-order valence-corrected chi connectivity index (χ2v) is 9.57. The smallest absolute Gasteiger partial charge is 0.408 e. The molecule has 0 spiro atoms. The molecule has 160 valence electrons. The molecule has 10 heteroatoms. The van der Waals surface area contributed by atoms with E-state index in [1.165, 1.54) is 41.6 Å². The molecule has 8 nitrogen and oxygen atoms in total. The second kappa shape index (κ2) is 9.07. The molecular formula is C20H23N3O5S2. The van der Waals surface area contributed by atoms with Crippen LogP contribution in [0, 0.1) is 6.92 Å². The van der Waals surface area contributed by atoms with Crippen LogP contribution >= 0.6 is 11.8 Å². The first kappa shape index (κ1) is 22.1. The van der Waals surface area contributed by atoms with Crippen LogP contribution < -0.4 is 15.8 Å². The minimum atomic E-state index is -4.02. The van der Waals surface area contributed by atoms with Crippen LogP contribution in [-0.2, 0) is 21.9 Å². The van der Waals surface area contributed by atoms with Gasteiger partial charge >= 0.3 is 5.76 Å². The Morgan fingerprint density at radius 2 is 1.90 bits per heavy atom. The number of benzene rings is 2. The van der Waals surface area contributed by atoms with Crippen molar-refractivity contribution >= 4 is 44.5 Å². The molecule has 2 N–H and O–H groups in total. The molecule has 0 saturated heterocycles. The third-order valence-corrected chi connectivity index (χ3v) is 6.73. The first-order chi connectivity index (χ1) is 14.2. The van der Waals surface area contributed by atoms with E-state index >= 15 is 0 Å². The largest absolute Gasteiger partial charge is 0.419 e. The maximum atomic E-state index is 12.9. The van der Waals surface area contributed by atoms with Crippen molar-refractivity contribution in [1.29, 1.82) is 0 Å². The molecule has 0 aliphatic rings. The third kappa shape index (κ3) is 4.94. The van der Waals surface area contributed by atoms with Gasteiger partial charge in [0, 0.05) is 18.8 Å². The van der Waals surface area contributed by atoms with Gasteiger partial charge in [0.25, 0.3) is 0 Å². The van der Waals surface area contributed by atoms with Crippen molar-refractivity contribution in [3.63, 3.8) is 0 Å². The lowest BCUT2D eigenvalue weighted by atomic mass is 10.2. The van der Waals surface area contributed by atoms with Gasteiger partial charge in [0.1, 0.15) is 6.04 Å². The number of nitrogens with one attached hydrogen (secondary N) is 2. The molecule has 0 radical (unpaired) electrons. The van der Waals surface area contributed by atoms with Crippen molar-refractivity contribution in [2.75, 3.05) is 17.3 Å². The molecule has 1 heterocycles. The molecule has 2 aromatic carbocycles. The van der Waals surface area contributed by atoms with Crippen LogP contribution in [0.2, 0.25) is 0 Å². The van der Waals surface area contributed by atoms with E-state index in [2.05, 4.69) is 10.0 Å². The highest BCUT2D eigenvalue weighted by Gasteiger charge is 2.26. The highest BCUT2D eigenvalue weighted by molar-refractivity contribution is 7.98. The Kier molecular flexibility index (Phi) is 6.69. The summed E-state index contributed by atoms with van der Waals surface area (Å²) < 4.78 is 34.7. The van der Waals surface area contributed by atoms with Gasteiger partial charge in [-0.25, -0.2) is 13.2 Å². The predicted molar refractivity (Wildman–Crippen MR) is 118 cm³/mol. The molecule has 0 aliphatic heterocycles. The average molecular weight is 450 g/mol. The third-order valence-electron chi connectivity index (χ3n) is 4.62. The summed E-state index contributed by atoms with van der Waals surface area (Å²) in [5.74, 6) is -0.423. The number of amides is 1. The van der Waals surface area contributed by atoms with Gasteiger partial charge in [-0.05, 0) is 49.6 Å². The maximum absolute atomic E-state index is 12.9. The van der Waals surface area contributed by atoms with E-state index in [9.17, 15) is 18.0 Å². The Labute approximate surface area is 178 Å². The van der Waals surface area contributed by atoms with Crippen molar-refractivity contribution in [2.45, 2.75) is 24.3 Å². The fourth-order valence-corrected chi connectivity index (χ4v) is 4.60. The van der Waals surface area contributed by atoms with Crippen molar-refractivity contribution in [1.82, 2.24) is 9.29 Å². The molecule has 1 atom stereocenters. The molecule has 0 bridgehead atoms. The zero-order chi connectivity index (χ0) is 21.9. The SMILES string of the molecule is CSCC[C@H](NS(=O)(=O)c1ccc2c(c1)oc(=O)n2C)C(=O)Nc1ccc(C)cc1. The molecule has 3 rings (SSSR count).